The highest BCUT2D eigenvalue weighted by Gasteiger charge is 2.30. The topological polar surface area (TPSA) is 68.3 Å². The molecule has 152 valence electrons. The molecule has 1 amide bonds. The monoisotopic (exact) mass is 408 g/mol. The molecule has 1 aliphatic heterocycles. The Labute approximate surface area is 179 Å². The van der Waals surface area contributed by atoms with Crippen molar-refractivity contribution in [2.75, 3.05) is 5.32 Å². The zero-order chi connectivity index (χ0) is 21.2. The van der Waals surface area contributed by atoms with E-state index in [0.717, 1.165) is 27.6 Å². The molecule has 5 rings (SSSR count). The lowest BCUT2D eigenvalue weighted by Crippen LogP contribution is -2.18. The normalized spacial score (nSPS) is 15.6. The van der Waals surface area contributed by atoms with Gasteiger partial charge in [-0.05, 0) is 29.7 Å². The molecule has 1 atom stereocenters. The van der Waals surface area contributed by atoms with Crippen molar-refractivity contribution in [3.05, 3.63) is 96.2 Å². The number of ether oxygens (including phenoxy) is 1. The summed E-state index contributed by atoms with van der Waals surface area (Å²) in [5.41, 5.74) is 4.32. The summed E-state index contributed by atoms with van der Waals surface area (Å²) < 4.78 is 5.52. The Morgan fingerprint density at radius 3 is 2.55 bits per heavy atom. The summed E-state index contributed by atoms with van der Waals surface area (Å²) in [4.78, 5) is 29.8. The number of para-hydroxylation sites is 1. The number of nitrogens with one attached hydrogen (secondary N) is 1. The Morgan fingerprint density at radius 1 is 0.935 bits per heavy atom. The maximum Gasteiger partial charge on any atom is 0.306 e. The van der Waals surface area contributed by atoms with Crippen LogP contribution in [0.25, 0.3) is 22.0 Å². The zero-order valence-corrected chi connectivity index (χ0v) is 16.7. The van der Waals surface area contributed by atoms with E-state index in [1.165, 1.54) is 0 Å². The van der Waals surface area contributed by atoms with Crippen molar-refractivity contribution >= 4 is 28.5 Å². The van der Waals surface area contributed by atoms with E-state index in [2.05, 4.69) is 10.3 Å². The standard InChI is InChI=1S/C26H20N2O3/c29-23-15-14-22(31-23)20-12-5-11-19(17-7-2-1-3-8-17)24(20)26(30)28-21-13-4-9-18-10-6-16-27-25(18)21/h1-13,16,22H,14-15H2,(H,28,30). The van der Waals surface area contributed by atoms with E-state index in [1.807, 2.05) is 78.9 Å². The second kappa shape index (κ2) is 8.03. The van der Waals surface area contributed by atoms with Crippen molar-refractivity contribution in [3.8, 4) is 11.1 Å². The van der Waals surface area contributed by atoms with Crippen LogP contribution >= 0.6 is 0 Å². The van der Waals surface area contributed by atoms with Crippen LogP contribution in [0.1, 0.15) is 34.9 Å². The number of nitrogens with zero attached hydrogens (tertiary/aromatic N) is 1. The lowest BCUT2D eigenvalue weighted by molar-refractivity contribution is -0.141. The zero-order valence-electron chi connectivity index (χ0n) is 16.7. The number of anilines is 1. The summed E-state index contributed by atoms with van der Waals surface area (Å²) in [7, 11) is 0. The Hall–Kier alpha value is -3.99. The highest BCUT2D eigenvalue weighted by Crippen LogP contribution is 2.36. The predicted octanol–water partition coefficient (Wildman–Crippen LogP) is 5.53. The molecule has 0 radical (unpaired) electrons. The van der Waals surface area contributed by atoms with Gasteiger partial charge < -0.3 is 10.1 Å². The molecule has 31 heavy (non-hydrogen) atoms. The van der Waals surface area contributed by atoms with Crippen LogP contribution in [0.4, 0.5) is 5.69 Å². The molecule has 1 unspecified atom stereocenters. The van der Waals surface area contributed by atoms with E-state index in [-0.39, 0.29) is 11.9 Å². The first-order valence-electron chi connectivity index (χ1n) is 10.2. The lowest BCUT2D eigenvalue weighted by Gasteiger charge is -2.19. The van der Waals surface area contributed by atoms with Gasteiger partial charge in [-0.2, -0.15) is 0 Å². The average molecular weight is 408 g/mol. The predicted molar refractivity (Wildman–Crippen MR) is 120 cm³/mol. The SMILES string of the molecule is O=C1CCC(c2cccc(-c3ccccc3)c2C(=O)Nc2cccc3cccnc23)O1. The Kier molecular flexibility index (Phi) is 4.92. The molecule has 2 heterocycles. The number of fused-ring (bicyclic) bond motifs is 1. The molecule has 1 N–H and O–H groups in total. The molecule has 5 nitrogen and oxygen atoms in total. The van der Waals surface area contributed by atoms with E-state index in [0.29, 0.717) is 24.1 Å². The highest BCUT2D eigenvalue weighted by atomic mass is 16.5. The van der Waals surface area contributed by atoms with Gasteiger partial charge in [-0.25, -0.2) is 0 Å². The van der Waals surface area contributed by atoms with Crippen LogP contribution in [0.2, 0.25) is 0 Å². The van der Waals surface area contributed by atoms with Gasteiger partial charge >= 0.3 is 5.97 Å². The van der Waals surface area contributed by atoms with Gasteiger partial charge in [0, 0.05) is 23.6 Å². The van der Waals surface area contributed by atoms with Gasteiger partial charge in [0.2, 0.25) is 0 Å². The summed E-state index contributed by atoms with van der Waals surface area (Å²) in [6.45, 7) is 0. The third kappa shape index (κ3) is 3.66. The van der Waals surface area contributed by atoms with Gasteiger partial charge in [0.05, 0.1) is 16.8 Å². The average Bonchev–Trinajstić information content (AvgIpc) is 3.25. The molecule has 4 aromatic rings. The summed E-state index contributed by atoms with van der Waals surface area (Å²) >= 11 is 0. The number of hydrogen-bond acceptors (Lipinski definition) is 4. The van der Waals surface area contributed by atoms with Gasteiger partial charge in [-0.15, -0.1) is 0 Å². The Balaban J connectivity index is 1.62. The molecule has 0 aliphatic carbocycles. The molecule has 1 aliphatic rings. The van der Waals surface area contributed by atoms with Crippen LogP contribution in [0, 0.1) is 0 Å². The summed E-state index contributed by atoms with van der Waals surface area (Å²) in [6, 6.07) is 25.0. The van der Waals surface area contributed by atoms with E-state index in [4.69, 9.17) is 4.74 Å². The highest BCUT2D eigenvalue weighted by molar-refractivity contribution is 6.12. The number of carbonyl (C=O) groups excluding carboxylic acids is 2. The smallest absolute Gasteiger partial charge is 0.306 e. The lowest BCUT2D eigenvalue weighted by atomic mass is 9.91. The number of esters is 1. The molecule has 1 aromatic heterocycles. The van der Waals surface area contributed by atoms with E-state index in [1.54, 1.807) is 6.20 Å². The first kappa shape index (κ1) is 19.0. The van der Waals surface area contributed by atoms with Crippen molar-refractivity contribution in [1.82, 2.24) is 4.98 Å². The Morgan fingerprint density at radius 2 is 1.74 bits per heavy atom. The van der Waals surface area contributed by atoms with Crippen molar-refractivity contribution in [1.29, 1.82) is 0 Å². The molecule has 0 saturated carbocycles. The molecule has 0 spiro atoms. The fourth-order valence-electron chi connectivity index (χ4n) is 4.08. The maximum atomic E-state index is 13.6. The van der Waals surface area contributed by atoms with Crippen LogP contribution < -0.4 is 5.32 Å². The molecular formula is C26H20N2O3. The number of aromatic nitrogens is 1. The van der Waals surface area contributed by atoms with Gasteiger partial charge in [-0.1, -0.05) is 66.7 Å². The van der Waals surface area contributed by atoms with Crippen LogP contribution in [0.5, 0.6) is 0 Å². The first-order chi connectivity index (χ1) is 15.2. The van der Waals surface area contributed by atoms with Gasteiger partial charge in [0.1, 0.15) is 6.10 Å². The molecule has 5 heteroatoms. The third-order valence-electron chi connectivity index (χ3n) is 5.52. The van der Waals surface area contributed by atoms with Crippen LogP contribution in [0.15, 0.2) is 85.1 Å². The minimum absolute atomic E-state index is 0.236. The number of rotatable bonds is 4. The van der Waals surface area contributed by atoms with E-state index < -0.39 is 6.10 Å². The van der Waals surface area contributed by atoms with Crippen molar-refractivity contribution in [2.24, 2.45) is 0 Å². The van der Waals surface area contributed by atoms with Crippen LogP contribution in [-0.2, 0) is 9.53 Å². The van der Waals surface area contributed by atoms with Crippen LogP contribution in [0.3, 0.4) is 0 Å². The fraction of sp³-hybridized carbons (Fsp3) is 0.115. The first-order valence-corrected chi connectivity index (χ1v) is 10.2. The molecule has 0 bridgehead atoms. The van der Waals surface area contributed by atoms with Crippen molar-refractivity contribution in [2.45, 2.75) is 18.9 Å². The van der Waals surface area contributed by atoms with Crippen molar-refractivity contribution < 1.29 is 14.3 Å². The maximum absolute atomic E-state index is 13.6. The number of carbonyl (C=O) groups is 2. The molecular weight excluding hydrogens is 388 g/mol. The van der Waals surface area contributed by atoms with E-state index in [9.17, 15) is 9.59 Å². The number of cyclic esters (lactones) is 1. The van der Waals surface area contributed by atoms with Gasteiger partial charge in [0.15, 0.2) is 0 Å². The molecule has 3 aromatic carbocycles. The quantitative estimate of drug-likeness (QED) is 0.451. The minimum atomic E-state index is -0.428. The second-order valence-electron chi connectivity index (χ2n) is 7.49. The number of amides is 1. The van der Waals surface area contributed by atoms with Crippen molar-refractivity contribution in [3.63, 3.8) is 0 Å². The molecule has 1 fully saturated rings. The number of hydrogen-bond donors (Lipinski definition) is 1. The fourth-order valence-corrected chi connectivity index (χ4v) is 4.08. The summed E-state index contributed by atoms with van der Waals surface area (Å²) in [5, 5.41) is 3.99. The van der Waals surface area contributed by atoms with E-state index >= 15 is 0 Å². The number of pyridine rings is 1. The third-order valence-corrected chi connectivity index (χ3v) is 5.52. The van der Waals surface area contributed by atoms with Crippen LogP contribution in [-0.4, -0.2) is 16.9 Å². The second-order valence-corrected chi connectivity index (χ2v) is 7.49. The molecule has 1 saturated heterocycles. The van der Waals surface area contributed by atoms with Gasteiger partial charge in [-0.3, -0.25) is 14.6 Å². The summed E-state index contributed by atoms with van der Waals surface area (Å²) in [5.74, 6) is -0.490. The summed E-state index contributed by atoms with van der Waals surface area (Å²) in [6.07, 6.45) is 2.20. The Bertz CT molecular complexity index is 1280. The van der Waals surface area contributed by atoms with Gasteiger partial charge in [0.25, 0.3) is 5.91 Å². The number of benzene rings is 3. The largest absolute Gasteiger partial charge is 0.457 e. The minimum Gasteiger partial charge on any atom is -0.457 e.